The van der Waals surface area contributed by atoms with E-state index >= 15 is 0 Å². The van der Waals surface area contributed by atoms with Crippen LogP contribution in [0.25, 0.3) is 10.4 Å². The predicted molar refractivity (Wildman–Crippen MR) is 231 cm³/mol. The maximum Gasteiger partial charge on any atom is 0.436 e. The van der Waals surface area contributed by atoms with E-state index < -0.39 is 71.7 Å². The van der Waals surface area contributed by atoms with Crippen molar-refractivity contribution in [3.05, 3.63) is 102 Å². The van der Waals surface area contributed by atoms with Gasteiger partial charge in [-0.05, 0) is 54.1 Å². The number of carbonyl (C=O) groups is 2. The summed E-state index contributed by atoms with van der Waals surface area (Å²) < 4.78 is 80.1. The fourth-order valence-electron chi connectivity index (χ4n) is 6.21. The average molecular weight is 1120 g/mol. The van der Waals surface area contributed by atoms with Crippen molar-refractivity contribution in [1.82, 2.24) is 29.4 Å². The Balaban J connectivity index is 0.000000305. The van der Waals surface area contributed by atoms with Crippen molar-refractivity contribution in [2.45, 2.75) is 38.5 Å². The van der Waals surface area contributed by atoms with Gasteiger partial charge >= 0.3 is 49.1 Å². The van der Waals surface area contributed by atoms with E-state index in [9.17, 15) is 35.9 Å². The second-order valence-electron chi connectivity index (χ2n) is 12.9. The van der Waals surface area contributed by atoms with Crippen molar-refractivity contribution in [3.63, 3.8) is 0 Å². The Labute approximate surface area is 394 Å². The van der Waals surface area contributed by atoms with Crippen LogP contribution in [-0.4, -0.2) is 125 Å². The number of hydrogen-bond acceptors (Lipinski definition) is 9. The molecule has 0 spiro atoms. The monoisotopic (exact) mass is 1120 g/mol. The minimum Gasteiger partial charge on any atom is -0.368 e. The molecular weight excluding hydrogens is 1080 g/mol. The zero-order valence-corrected chi connectivity index (χ0v) is 40.3. The minimum atomic E-state index is -4.79. The molecular formula is C35H38Cl6F6N12O3Sn. The molecule has 6 rings (SSSR count). The summed E-state index contributed by atoms with van der Waals surface area (Å²) >= 11 is 22.5. The van der Waals surface area contributed by atoms with Gasteiger partial charge in [0.25, 0.3) is 0 Å². The van der Waals surface area contributed by atoms with Gasteiger partial charge in [-0.3, -0.25) is 19.0 Å². The van der Waals surface area contributed by atoms with Crippen LogP contribution in [0, 0.1) is 0 Å². The van der Waals surface area contributed by atoms with E-state index in [1.165, 1.54) is 0 Å². The Morgan fingerprint density at radius 3 is 1.35 bits per heavy atom. The standard InChI is InChI=1S/C17H16Cl2F3N7O.C17H18Cl2F3N5O.CH4O.2ClH.Sn/c18-11-1-3-12(4-2-11)27-5-7-28(8-6-27)14(30)10-29-13(9-24-26-23)15(19)16(25-29)17(20,21)22;18-11-1-3-12(4-2-11)25-5-7-26(8-6-25)14(28)10-27-13(9-23)15(19)16(24-27)17(20,21)22;1-2;;;/h1-4H,5-10H2;1-4H,5-10,23H2;2H,1H3;2*1H;/q;;;;;+2/p-2. The summed E-state index contributed by atoms with van der Waals surface area (Å²) in [5.41, 5.74) is 13.2. The van der Waals surface area contributed by atoms with Crippen LogP contribution in [0.1, 0.15) is 22.8 Å². The summed E-state index contributed by atoms with van der Waals surface area (Å²) in [6, 6.07) is 14.7. The summed E-state index contributed by atoms with van der Waals surface area (Å²) in [4.78, 5) is 35.1. The van der Waals surface area contributed by atoms with E-state index in [1.807, 2.05) is 24.3 Å². The van der Waals surface area contributed by atoms with Gasteiger partial charge in [0.05, 0.1) is 28.0 Å². The second kappa shape index (κ2) is 25.4. The topological polar surface area (TPSA) is 178 Å². The van der Waals surface area contributed by atoms with E-state index in [-0.39, 0.29) is 30.4 Å². The zero-order chi connectivity index (χ0) is 47.1. The average Bonchev–Trinajstić information content (AvgIpc) is 3.76. The maximum atomic E-state index is 13.1. The molecule has 0 saturated carbocycles. The van der Waals surface area contributed by atoms with Gasteiger partial charge in [0.1, 0.15) is 13.1 Å². The Hall–Kier alpha value is -3.25. The van der Waals surface area contributed by atoms with Gasteiger partial charge in [-0.15, -0.1) is 0 Å². The molecule has 3 N–H and O–H groups in total. The van der Waals surface area contributed by atoms with Crippen molar-refractivity contribution >= 4 is 106 Å². The third-order valence-electron chi connectivity index (χ3n) is 9.22. The summed E-state index contributed by atoms with van der Waals surface area (Å²) in [6.45, 7) is 2.53. The number of amides is 2. The fraction of sp³-hybridized carbons (Fsp3) is 0.429. The van der Waals surface area contributed by atoms with E-state index in [0.29, 0.717) is 62.4 Å². The molecule has 63 heavy (non-hydrogen) atoms. The number of nitrogens with two attached hydrogens (primary N) is 1. The first kappa shape index (κ1) is 54.1. The van der Waals surface area contributed by atoms with Crippen LogP contribution in [0.3, 0.4) is 0 Å². The summed E-state index contributed by atoms with van der Waals surface area (Å²) in [5.74, 6) is -0.737. The first-order valence-electron chi connectivity index (χ1n) is 18.2. The van der Waals surface area contributed by atoms with E-state index in [0.717, 1.165) is 27.8 Å². The van der Waals surface area contributed by atoms with Crippen molar-refractivity contribution < 1.29 is 41.0 Å². The number of nitrogens with zero attached hydrogens (tertiary/aromatic N) is 11. The molecule has 2 amide bonds. The van der Waals surface area contributed by atoms with Gasteiger partial charge in [0.15, 0.2) is 11.4 Å². The molecule has 2 saturated heterocycles. The maximum absolute atomic E-state index is 13.1. The van der Waals surface area contributed by atoms with Gasteiger partial charge in [-0.1, -0.05) is 51.5 Å². The van der Waals surface area contributed by atoms with Gasteiger partial charge in [0, 0.05) is 92.3 Å². The molecule has 0 aliphatic carbocycles. The molecule has 2 aliphatic rings. The number of azide groups is 1. The Morgan fingerprint density at radius 2 is 1.03 bits per heavy atom. The third-order valence-corrected chi connectivity index (χ3v) is 10.5. The van der Waals surface area contributed by atoms with E-state index in [1.54, 1.807) is 34.1 Å². The number of alkyl halides is 6. The number of anilines is 2. The molecule has 0 unspecified atom stereocenters. The minimum absolute atomic E-state index is 0.0119. The molecule has 2 aromatic heterocycles. The molecule has 0 bridgehead atoms. The number of benzene rings is 2. The molecule has 28 heteroatoms. The Kier molecular flexibility index (Phi) is 21.8. The quantitative estimate of drug-likeness (QED) is 0.0557. The SMILES string of the molecule is CO.NCc1c(Cl)c(C(F)(F)F)nn1CC(=O)N1CCN(c2ccc(Cl)cc2)CC1.[Cl][Sn][Cl].[N-]=[N+]=NCc1c(Cl)c(C(F)(F)F)nn1CC(=O)N1CCN(c2ccc(Cl)cc2)CC1. The number of aliphatic hydroxyl groups excluding tert-OH is 1. The normalized spacial score (nSPS) is 14.1. The molecule has 2 fully saturated rings. The van der Waals surface area contributed by atoms with Gasteiger partial charge in [-0.2, -0.15) is 36.5 Å². The van der Waals surface area contributed by atoms with Gasteiger partial charge in [0.2, 0.25) is 11.8 Å². The Bertz CT molecular complexity index is 2150. The first-order chi connectivity index (χ1) is 29.8. The van der Waals surface area contributed by atoms with E-state index in [2.05, 4.69) is 30.0 Å². The van der Waals surface area contributed by atoms with Crippen molar-refractivity contribution in [3.8, 4) is 0 Å². The summed E-state index contributed by atoms with van der Waals surface area (Å²) in [7, 11) is 10.9. The van der Waals surface area contributed by atoms with Gasteiger partial charge < -0.3 is 30.4 Å². The molecule has 2 radical (unpaired) electrons. The number of piperazine rings is 2. The van der Waals surface area contributed by atoms with E-state index in [4.69, 9.17) is 80.6 Å². The number of halogens is 12. The predicted octanol–water partition coefficient (Wildman–Crippen LogP) is 7.99. The smallest absolute Gasteiger partial charge is 0.368 e. The van der Waals surface area contributed by atoms with Crippen LogP contribution in [-0.2, 0) is 48.1 Å². The molecule has 0 atom stereocenters. The number of hydrogen-bond donors (Lipinski definition) is 2. The largest absolute Gasteiger partial charge is 0.436 e. The molecule has 15 nitrogen and oxygen atoms in total. The fourth-order valence-corrected chi connectivity index (χ4v) is 7.08. The second-order valence-corrected chi connectivity index (χ2v) is 18.8. The van der Waals surface area contributed by atoms with Crippen LogP contribution in [0.4, 0.5) is 37.7 Å². The van der Waals surface area contributed by atoms with Crippen LogP contribution in [0.2, 0.25) is 20.1 Å². The van der Waals surface area contributed by atoms with Crippen molar-refractivity contribution in [2.24, 2.45) is 10.8 Å². The van der Waals surface area contributed by atoms with Crippen LogP contribution < -0.4 is 15.5 Å². The van der Waals surface area contributed by atoms with Crippen molar-refractivity contribution in [2.75, 3.05) is 69.3 Å². The van der Waals surface area contributed by atoms with Crippen LogP contribution in [0.5, 0.6) is 0 Å². The molecule has 4 heterocycles. The third kappa shape index (κ3) is 15.4. The summed E-state index contributed by atoms with van der Waals surface area (Å²) in [6.07, 6.45) is -9.50. The van der Waals surface area contributed by atoms with Crippen molar-refractivity contribution in [1.29, 1.82) is 0 Å². The van der Waals surface area contributed by atoms with Gasteiger partial charge in [-0.25, -0.2) is 0 Å². The molecule has 2 aliphatic heterocycles. The van der Waals surface area contributed by atoms with Crippen LogP contribution in [0.15, 0.2) is 53.6 Å². The Morgan fingerprint density at radius 1 is 0.698 bits per heavy atom. The number of carbonyl (C=O) groups excluding carboxylic acids is 2. The number of rotatable bonds is 9. The molecule has 4 aromatic rings. The first-order valence-corrected chi connectivity index (χ1v) is 26.9. The zero-order valence-electron chi connectivity index (χ0n) is 32.9. The number of aliphatic hydroxyl groups is 1. The van der Waals surface area contributed by atoms with Crippen LogP contribution >= 0.6 is 64.2 Å². The molecule has 2 aromatic carbocycles. The summed E-state index contributed by atoms with van der Waals surface area (Å²) in [5, 5.41) is 17.2. The molecule has 344 valence electrons. The number of aromatic nitrogens is 4.